The second kappa shape index (κ2) is 6.34. The maximum absolute atomic E-state index is 5.30. The highest BCUT2D eigenvalue weighted by Gasteiger charge is 2.12. The third kappa shape index (κ3) is 3.32. The summed E-state index contributed by atoms with van der Waals surface area (Å²) in [5, 5.41) is 3.35. The van der Waals surface area contributed by atoms with E-state index in [2.05, 4.69) is 35.4 Å². The van der Waals surface area contributed by atoms with Crippen molar-refractivity contribution < 1.29 is 4.74 Å². The van der Waals surface area contributed by atoms with Gasteiger partial charge in [-0.3, -0.25) is 4.98 Å². The molecule has 0 bridgehead atoms. The van der Waals surface area contributed by atoms with Gasteiger partial charge >= 0.3 is 0 Å². The van der Waals surface area contributed by atoms with Gasteiger partial charge in [0.25, 0.3) is 0 Å². The molecule has 1 heterocycles. The van der Waals surface area contributed by atoms with Gasteiger partial charge in [0, 0.05) is 24.4 Å². The zero-order valence-electron chi connectivity index (χ0n) is 11.7. The number of rotatable bonds is 5. The number of nitrogens with one attached hydrogen (secondary N) is 1. The Bertz CT molecular complexity index is 526. The van der Waals surface area contributed by atoms with Crippen LogP contribution in [0.2, 0.25) is 0 Å². The number of benzene rings is 1. The van der Waals surface area contributed by atoms with Crippen LogP contribution in [-0.2, 0) is 6.42 Å². The Hall–Kier alpha value is -1.87. The average Bonchev–Trinajstić information content (AvgIpc) is 2.46. The topological polar surface area (TPSA) is 34.2 Å². The van der Waals surface area contributed by atoms with Gasteiger partial charge in [-0.15, -0.1) is 0 Å². The molecule has 2 rings (SSSR count). The molecule has 1 unspecified atom stereocenters. The van der Waals surface area contributed by atoms with Crippen molar-refractivity contribution in [1.29, 1.82) is 0 Å². The summed E-state index contributed by atoms with van der Waals surface area (Å²) < 4.78 is 5.30. The molecule has 1 N–H and O–H groups in total. The van der Waals surface area contributed by atoms with Crippen molar-refractivity contribution >= 4 is 0 Å². The largest absolute Gasteiger partial charge is 0.496 e. The predicted molar refractivity (Wildman–Crippen MR) is 77.5 cm³/mol. The van der Waals surface area contributed by atoms with Crippen LogP contribution in [0.1, 0.15) is 22.9 Å². The number of hydrogen-bond donors (Lipinski definition) is 1. The molecule has 0 fully saturated rings. The van der Waals surface area contributed by atoms with E-state index in [0.717, 1.165) is 23.4 Å². The van der Waals surface area contributed by atoms with Gasteiger partial charge in [-0.1, -0.05) is 18.2 Å². The molecule has 3 heteroatoms. The number of aromatic nitrogens is 1. The van der Waals surface area contributed by atoms with E-state index in [4.69, 9.17) is 4.74 Å². The first-order chi connectivity index (χ1) is 9.24. The Morgan fingerprint density at radius 1 is 1.26 bits per heavy atom. The molecule has 0 radical (unpaired) electrons. The van der Waals surface area contributed by atoms with Crippen LogP contribution in [-0.4, -0.2) is 19.1 Å². The highest BCUT2D eigenvalue weighted by Crippen LogP contribution is 2.24. The number of likely N-dealkylation sites (N-methyl/N-ethyl adjacent to an activating group) is 1. The van der Waals surface area contributed by atoms with Crippen LogP contribution in [0, 0.1) is 6.92 Å². The van der Waals surface area contributed by atoms with E-state index in [0.29, 0.717) is 0 Å². The fourth-order valence-corrected chi connectivity index (χ4v) is 2.23. The minimum atomic E-state index is 0.263. The molecular weight excluding hydrogens is 236 g/mol. The standard InChI is InChI=1S/C16H20N2O/c1-12-10-13(7-8-16(12)19-3)15(17-2)11-14-6-4-5-9-18-14/h4-10,15,17H,11H2,1-3H3. The highest BCUT2D eigenvalue weighted by molar-refractivity contribution is 5.37. The molecule has 0 amide bonds. The van der Waals surface area contributed by atoms with Gasteiger partial charge in [-0.2, -0.15) is 0 Å². The summed E-state index contributed by atoms with van der Waals surface area (Å²) >= 11 is 0. The fraction of sp³-hybridized carbons (Fsp3) is 0.312. The van der Waals surface area contributed by atoms with Crippen molar-refractivity contribution in [1.82, 2.24) is 10.3 Å². The fourth-order valence-electron chi connectivity index (χ4n) is 2.23. The smallest absolute Gasteiger partial charge is 0.121 e. The van der Waals surface area contributed by atoms with Crippen LogP contribution in [0.4, 0.5) is 0 Å². The summed E-state index contributed by atoms with van der Waals surface area (Å²) in [7, 11) is 3.68. The van der Waals surface area contributed by atoms with Crippen LogP contribution < -0.4 is 10.1 Å². The van der Waals surface area contributed by atoms with Crippen LogP contribution >= 0.6 is 0 Å². The first-order valence-corrected chi connectivity index (χ1v) is 6.46. The maximum Gasteiger partial charge on any atom is 0.121 e. The SMILES string of the molecule is CNC(Cc1ccccn1)c1ccc(OC)c(C)c1. The van der Waals surface area contributed by atoms with Crippen molar-refractivity contribution in [2.75, 3.05) is 14.2 Å². The Labute approximate surface area is 114 Å². The molecule has 1 aromatic carbocycles. The minimum Gasteiger partial charge on any atom is -0.496 e. The molecule has 0 aliphatic heterocycles. The van der Waals surface area contributed by atoms with Crippen LogP contribution in [0.3, 0.4) is 0 Å². The normalized spacial score (nSPS) is 12.2. The van der Waals surface area contributed by atoms with Gasteiger partial charge in [-0.05, 0) is 43.3 Å². The lowest BCUT2D eigenvalue weighted by Crippen LogP contribution is -2.19. The lowest BCUT2D eigenvalue weighted by atomic mass is 9.99. The lowest BCUT2D eigenvalue weighted by Gasteiger charge is -2.17. The summed E-state index contributed by atoms with van der Waals surface area (Å²) in [6.45, 7) is 2.07. The second-order valence-corrected chi connectivity index (χ2v) is 4.60. The monoisotopic (exact) mass is 256 g/mol. The van der Waals surface area contributed by atoms with E-state index in [9.17, 15) is 0 Å². The summed E-state index contributed by atoms with van der Waals surface area (Å²) in [5.41, 5.74) is 3.50. The van der Waals surface area contributed by atoms with E-state index in [-0.39, 0.29) is 6.04 Å². The molecule has 1 aromatic heterocycles. The molecule has 0 saturated heterocycles. The van der Waals surface area contributed by atoms with Crippen molar-refractivity contribution in [3.63, 3.8) is 0 Å². The molecule has 0 saturated carbocycles. The number of pyridine rings is 1. The molecule has 3 nitrogen and oxygen atoms in total. The highest BCUT2D eigenvalue weighted by atomic mass is 16.5. The van der Waals surface area contributed by atoms with Crippen molar-refractivity contribution in [2.24, 2.45) is 0 Å². The molecule has 0 aliphatic carbocycles. The van der Waals surface area contributed by atoms with Gasteiger partial charge in [0.1, 0.15) is 5.75 Å². The maximum atomic E-state index is 5.30. The van der Waals surface area contributed by atoms with E-state index < -0.39 is 0 Å². The first kappa shape index (κ1) is 13.6. The molecule has 100 valence electrons. The quantitative estimate of drug-likeness (QED) is 0.893. The van der Waals surface area contributed by atoms with Gasteiger partial charge in [-0.25, -0.2) is 0 Å². The van der Waals surface area contributed by atoms with Gasteiger partial charge in [0.05, 0.1) is 7.11 Å². The van der Waals surface area contributed by atoms with E-state index in [1.807, 2.05) is 31.4 Å². The number of aryl methyl sites for hydroxylation is 1. The van der Waals surface area contributed by atoms with Gasteiger partial charge in [0.15, 0.2) is 0 Å². The lowest BCUT2D eigenvalue weighted by molar-refractivity contribution is 0.411. The van der Waals surface area contributed by atoms with Gasteiger partial charge < -0.3 is 10.1 Å². The predicted octanol–water partition coefficient (Wildman–Crippen LogP) is 2.90. The Morgan fingerprint density at radius 3 is 2.68 bits per heavy atom. The van der Waals surface area contributed by atoms with Crippen LogP contribution in [0.25, 0.3) is 0 Å². The van der Waals surface area contributed by atoms with Crippen molar-refractivity contribution in [2.45, 2.75) is 19.4 Å². The number of methoxy groups -OCH3 is 1. The van der Waals surface area contributed by atoms with Crippen molar-refractivity contribution in [3.05, 3.63) is 59.4 Å². The van der Waals surface area contributed by atoms with Gasteiger partial charge in [0.2, 0.25) is 0 Å². The summed E-state index contributed by atoms with van der Waals surface area (Å²) in [6, 6.07) is 12.6. The van der Waals surface area contributed by atoms with Crippen LogP contribution in [0.5, 0.6) is 5.75 Å². The Morgan fingerprint density at radius 2 is 2.11 bits per heavy atom. The third-order valence-electron chi connectivity index (χ3n) is 3.31. The first-order valence-electron chi connectivity index (χ1n) is 6.46. The van der Waals surface area contributed by atoms with E-state index in [1.165, 1.54) is 5.56 Å². The Kier molecular flexibility index (Phi) is 4.53. The molecule has 0 spiro atoms. The van der Waals surface area contributed by atoms with E-state index in [1.54, 1.807) is 7.11 Å². The molecule has 0 aliphatic rings. The zero-order valence-corrected chi connectivity index (χ0v) is 11.7. The summed E-state index contributed by atoms with van der Waals surface area (Å²) in [4.78, 5) is 4.38. The van der Waals surface area contributed by atoms with Crippen molar-refractivity contribution in [3.8, 4) is 5.75 Å². The summed E-state index contributed by atoms with van der Waals surface area (Å²) in [5.74, 6) is 0.927. The molecular formula is C16H20N2O. The Balaban J connectivity index is 2.20. The number of hydrogen-bond acceptors (Lipinski definition) is 3. The third-order valence-corrected chi connectivity index (χ3v) is 3.31. The molecule has 2 aromatic rings. The second-order valence-electron chi connectivity index (χ2n) is 4.60. The number of nitrogens with zero attached hydrogens (tertiary/aromatic N) is 1. The minimum absolute atomic E-state index is 0.263. The van der Waals surface area contributed by atoms with Crippen LogP contribution in [0.15, 0.2) is 42.6 Å². The molecule has 19 heavy (non-hydrogen) atoms. The molecule has 1 atom stereocenters. The zero-order chi connectivity index (χ0) is 13.7. The van der Waals surface area contributed by atoms with E-state index >= 15 is 0 Å². The number of ether oxygens (including phenoxy) is 1. The average molecular weight is 256 g/mol. The summed E-state index contributed by atoms with van der Waals surface area (Å²) in [6.07, 6.45) is 2.71.